The molecular formula is C13H12FNO. The second-order valence-electron chi connectivity index (χ2n) is 3.72. The molecule has 1 aromatic heterocycles. The summed E-state index contributed by atoms with van der Waals surface area (Å²) in [6.45, 7) is 1.95. The quantitative estimate of drug-likeness (QED) is 0.838. The highest BCUT2D eigenvalue weighted by atomic mass is 19.1. The minimum Gasteiger partial charge on any atom is -0.382 e. The molecular weight excluding hydrogens is 205 g/mol. The van der Waals surface area contributed by atoms with E-state index in [0.29, 0.717) is 5.69 Å². The Kier molecular flexibility index (Phi) is 2.97. The van der Waals surface area contributed by atoms with Crippen LogP contribution in [-0.2, 0) is 0 Å². The monoisotopic (exact) mass is 217 g/mol. The lowest BCUT2D eigenvalue weighted by atomic mass is 10.0. The van der Waals surface area contributed by atoms with Gasteiger partial charge in [0.1, 0.15) is 11.9 Å². The molecule has 16 heavy (non-hydrogen) atoms. The summed E-state index contributed by atoms with van der Waals surface area (Å²) >= 11 is 0. The van der Waals surface area contributed by atoms with Gasteiger partial charge < -0.3 is 5.11 Å². The molecule has 0 bridgehead atoms. The van der Waals surface area contributed by atoms with Crippen LogP contribution in [0.1, 0.15) is 22.9 Å². The van der Waals surface area contributed by atoms with Crippen molar-refractivity contribution in [3.05, 3.63) is 65.2 Å². The first-order chi connectivity index (χ1) is 7.66. The summed E-state index contributed by atoms with van der Waals surface area (Å²) in [5.74, 6) is -0.403. The normalized spacial score (nSPS) is 12.4. The largest absolute Gasteiger partial charge is 0.382 e. The van der Waals surface area contributed by atoms with Crippen LogP contribution in [0.25, 0.3) is 0 Å². The third kappa shape index (κ3) is 2.25. The summed E-state index contributed by atoms with van der Waals surface area (Å²) in [6, 6.07) is 10.3. The van der Waals surface area contributed by atoms with Gasteiger partial charge in [-0.25, -0.2) is 4.39 Å². The minimum absolute atomic E-state index is 0.403. The SMILES string of the molecule is Cc1cccc(C(O)c2ccc(F)cn2)c1. The van der Waals surface area contributed by atoms with Crippen molar-refractivity contribution in [1.29, 1.82) is 0 Å². The number of rotatable bonds is 2. The lowest BCUT2D eigenvalue weighted by Crippen LogP contribution is -2.02. The first kappa shape index (κ1) is 10.8. The van der Waals surface area contributed by atoms with E-state index in [1.54, 1.807) is 0 Å². The molecule has 82 valence electrons. The summed E-state index contributed by atoms with van der Waals surface area (Å²) in [5, 5.41) is 10.0. The summed E-state index contributed by atoms with van der Waals surface area (Å²) in [5.41, 5.74) is 2.28. The lowest BCUT2D eigenvalue weighted by Gasteiger charge is -2.10. The number of aromatic nitrogens is 1. The number of hydrogen-bond acceptors (Lipinski definition) is 2. The van der Waals surface area contributed by atoms with Crippen molar-refractivity contribution in [2.75, 3.05) is 0 Å². The molecule has 0 saturated heterocycles. The van der Waals surface area contributed by atoms with E-state index >= 15 is 0 Å². The van der Waals surface area contributed by atoms with Gasteiger partial charge in [0.25, 0.3) is 0 Å². The second kappa shape index (κ2) is 4.41. The minimum atomic E-state index is -0.805. The smallest absolute Gasteiger partial charge is 0.141 e. The zero-order valence-corrected chi connectivity index (χ0v) is 8.89. The molecule has 1 unspecified atom stereocenters. The van der Waals surface area contributed by atoms with Crippen molar-refractivity contribution in [1.82, 2.24) is 4.98 Å². The van der Waals surface area contributed by atoms with Crippen LogP contribution in [0.5, 0.6) is 0 Å². The van der Waals surface area contributed by atoms with Gasteiger partial charge in [0.2, 0.25) is 0 Å². The van der Waals surface area contributed by atoms with E-state index in [-0.39, 0.29) is 0 Å². The third-order valence-corrected chi connectivity index (χ3v) is 2.39. The van der Waals surface area contributed by atoms with E-state index in [2.05, 4.69) is 4.98 Å². The van der Waals surface area contributed by atoms with Gasteiger partial charge in [-0.3, -0.25) is 4.98 Å². The molecule has 2 aromatic rings. The molecule has 1 aromatic carbocycles. The number of halogens is 1. The molecule has 3 heteroatoms. The molecule has 0 aliphatic heterocycles. The molecule has 0 fully saturated rings. The predicted octanol–water partition coefficient (Wildman–Crippen LogP) is 2.61. The average Bonchev–Trinajstić information content (AvgIpc) is 2.29. The van der Waals surface area contributed by atoms with Crippen molar-refractivity contribution in [3.8, 4) is 0 Å². The van der Waals surface area contributed by atoms with Crippen molar-refractivity contribution in [3.63, 3.8) is 0 Å². The number of hydrogen-bond donors (Lipinski definition) is 1. The van der Waals surface area contributed by atoms with Crippen LogP contribution in [0.15, 0.2) is 42.6 Å². The van der Waals surface area contributed by atoms with Crippen molar-refractivity contribution >= 4 is 0 Å². The molecule has 2 rings (SSSR count). The predicted molar refractivity (Wildman–Crippen MR) is 59.4 cm³/mol. The standard InChI is InChI=1S/C13H12FNO/c1-9-3-2-4-10(7-9)13(16)12-6-5-11(14)8-15-12/h2-8,13,16H,1H3. The highest BCUT2D eigenvalue weighted by Crippen LogP contribution is 2.20. The summed E-state index contributed by atoms with van der Waals surface area (Å²) in [7, 11) is 0. The molecule has 2 nitrogen and oxygen atoms in total. The Morgan fingerprint density at radius 1 is 1.25 bits per heavy atom. The van der Waals surface area contributed by atoms with Gasteiger partial charge >= 0.3 is 0 Å². The maximum absolute atomic E-state index is 12.7. The van der Waals surface area contributed by atoms with Crippen LogP contribution in [0.2, 0.25) is 0 Å². The number of benzene rings is 1. The molecule has 0 aliphatic rings. The van der Waals surface area contributed by atoms with E-state index < -0.39 is 11.9 Å². The Morgan fingerprint density at radius 2 is 2.06 bits per heavy atom. The zero-order valence-electron chi connectivity index (χ0n) is 8.89. The number of pyridine rings is 1. The van der Waals surface area contributed by atoms with Crippen LogP contribution in [-0.4, -0.2) is 10.1 Å². The Hall–Kier alpha value is -1.74. The maximum Gasteiger partial charge on any atom is 0.141 e. The fourth-order valence-electron chi connectivity index (χ4n) is 1.56. The highest BCUT2D eigenvalue weighted by molar-refractivity contribution is 5.29. The Bertz CT molecular complexity index is 482. The topological polar surface area (TPSA) is 33.1 Å². The van der Waals surface area contributed by atoms with Crippen molar-refractivity contribution < 1.29 is 9.50 Å². The van der Waals surface area contributed by atoms with Gasteiger partial charge in [0, 0.05) is 0 Å². The average molecular weight is 217 g/mol. The van der Waals surface area contributed by atoms with Crippen LogP contribution >= 0.6 is 0 Å². The molecule has 0 radical (unpaired) electrons. The zero-order chi connectivity index (χ0) is 11.5. The first-order valence-electron chi connectivity index (χ1n) is 5.03. The molecule has 0 saturated carbocycles. The Labute approximate surface area is 93.4 Å². The number of aliphatic hydroxyl groups is 1. The molecule has 0 spiro atoms. The third-order valence-electron chi connectivity index (χ3n) is 2.39. The molecule has 1 atom stereocenters. The van der Waals surface area contributed by atoms with E-state index in [0.717, 1.165) is 17.3 Å². The Morgan fingerprint density at radius 3 is 2.69 bits per heavy atom. The van der Waals surface area contributed by atoms with Gasteiger partial charge in [0.05, 0.1) is 11.9 Å². The fourth-order valence-corrected chi connectivity index (χ4v) is 1.56. The molecule has 0 aliphatic carbocycles. The Balaban J connectivity index is 2.31. The van der Waals surface area contributed by atoms with Gasteiger partial charge in [-0.15, -0.1) is 0 Å². The summed E-state index contributed by atoms with van der Waals surface area (Å²) < 4.78 is 12.7. The van der Waals surface area contributed by atoms with Crippen LogP contribution < -0.4 is 0 Å². The highest BCUT2D eigenvalue weighted by Gasteiger charge is 2.11. The molecule has 1 heterocycles. The number of nitrogens with zero attached hydrogens (tertiary/aromatic N) is 1. The first-order valence-corrected chi connectivity index (χ1v) is 5.03. The van der Waals surface area contributed by atoms with Crippen molar-refractivity contribution in [2.45, 2.75) is 13.0 Å². The van der Waals surface area contributed by atoms with Crippen LogP contribution in [0, 0.1) is 12.7 Å². The molecule has 1 N–H and O–H groups in total. The van der Waals surface area contributed by atoms with Gasteiger partial charge in [-0.05, 0) is 24.6 Å². The van der Waals surface area contributed by atoms with E-state index in [1.807, 2.05) is 31.2 Å². The summed E-state index contributed by atoms with van der Waals surface area (Å²) in [6.07, 6.45) is 0.300. The van der Waals surface area contributed by atoms with Crippen molar-refractivity contribution in [2.24, 2.45) is 0 Å². The van der Waals surface area contributed by atoms with Gasteiger partial charge in [-0.2, -0.15) is 0 Å². The number of aliphatic hydroxyl groups excluding tert-OH is 1. The van der Waals surface area contributed by atoms with Crippen LogP contribution in [0.4, 0.5) is 4.39 Å². The van der Waals surface area contributed by atoms with E-state index in [4.69, 9.17) is 0 Å². The van der Waals surface area contributed by atoms with Gasteiger partial charge in [-0.1, -0.05) is 29.8 Å². The maximum atomic E-state index is 12.7. The second-order valence-corrected chi connectivity index (χ2v) is 3.72. The van der Waals surface area contributed by atoms with E-state index in [1.165, 1.54) is 12.1 Å². The van der Waals surface area contributed by atoms with Crippen LogP contribution in [0.3, 0.4) is 0 Å². The van der Waals surface area contributed by atoms with Gasteiger partial charge in [0.15, 0.2) is 0 Å². The fraction of sp³-hybridized carbons (Fsp3) is 0.154. The number of aryl methyl sites for hydroxylation is 1. The lowest BCUT2D eigenvalue weighted by molar-refractivity contribution is 0.215. The van der Waals surface area contributed by atoms with E-state index in [9.17, 15) is 9.50 Å². The summed E-state index contributed by atoms with van der Waals surface area (Å²) in [4.78, 5) is 3.86. The molecule has 0 amide bonds.